The zero-order valence-electron chi connectivity index (χ0n) is 8.73. The molecule has 1 aliphatic heterocycles. The smallest absolute Gasteiger partial charge is 0.132 e. The van der Waals surface area contributed by atoms with Crippen LogP contribution in [0.25, 0.3) is 0 Å². The third kappa shape index (κ3) is 1.75. The van der Waals surface area contributed by atoms with Crippen LogP contribution in [0.3, 0.4) is 0 Å². The van der Waals surface area contributed by atoms with E-state index in [1.54, 1.807) is 13.2 Å². The van der Waals surface area contributed by atoms with E-state index in [1.807, 2.05) is 19.1 Å². The highest BCUT2D eigenvalue weighted by molar-refractivity contribution is 6.03. The van der Waals surface area contributed by atoms with E-state index in [0.29, 0.717) is 17.9 Å². The van der Waals surface area contributed by atoms with Crippen LogP contribution in [-0.2, 0) is 0 Å². The first-order valence-corrected chi connectivity index (χ1v) is 4.80. The van der Waals surface area contributed by atoms with Gasteiger partial charge in [0, 0.05) is 18.1 Å². The van der Waals surface area contributed by atoms with E-state index in [2.05, 4.69) is 5.16 Å². The lowest BCUT2D eigenvalue weighted by atomic mass is 10.0. The van der Waals surface area contributed by atoms with Gasteiger partial charge in [-0.05, 0) is 19.1 Å². The Hall–Kier alpha value is -1.71. The first-order chi connectivity index (χ1) is 7.24. The number of benzene rings is 1. The largest absolute Gasteiger partial charge is 0.497 e. The van der Waals surface area contributed by atoms with Gasteiger partial charge in [-0.1, -0.05) is 5.16 Å². The monoisotopic (exact) mass is 207 g/mol. The van der Waals surface area contributed by atoms with Crippen molar-refractivity contribution >= 4 is 5.71 Å². The van der Waals surface area contributed by atoms with Gasteiger partial charge in [-0.3, -0.25) is 0 Å². The molecule has 80 valence electrons. The minimum absolute atomic E-state index is 0.0236. The molecule has 0 saturated heterocycles. The Kier molecular flexibility index (Phi) is 2.49. The molecule has 0 aliphatic carbocycles. The Morgan fingerprint density at radius 1 is 1.53 bits per heavy atom. The number of fused-ring (bicyclic) bond motifs is 1. The fraction of sp³-hybridized carbons (Fsp3) is 0.364. The molecule has 0 spiro atoms. The quantitative estimate of drug-likeness (QED) is 0.566. The predicted molar refractivity (Wildman–Crippen MR) is 56.0 cm³/mol. The molecule has 1 aromatic rings. The van der Waals surface area contributed by atoms with Crippen molar-refractivity contribution in [1.29, 1.82) is 0 Å². The maximum absolute atomic E-state index is 8.88. The van der Waals surface area contributed by atoms with Crippen LogP contribution >= 0.6 is 0 Å². The molecule has 1 aromatic carbocycles. The molecule has 1 aliphatic rings. The number of ether oxygens (including phenoxy) is 2. The normalized spacial score (nSPS) is 22.0. The van der Waals surface area contributed by atoms with Gasteiger partial charge in [-0.25, -0.2) is 0 Å². The molecule has 0 fully saturated rings. The van der Waals surface area contributed by atoms with Crippen molar-refractivity contribution in [1.82, 2.24) is 0 Å². The van der Waals surface area contributed by atoms with Crippen molar-refractivity contribution in [2.75, 3.05) is 7.11 Å². The molecule has 0 amide bonds. The first kappa shape index (κ1) is 9.83. The minimum atomic E-state index is 0.0236. The number of hydrogen-bond acceptors (Lipinski definition) is 4. The highest BCUT2D eigenvalue weighted by Crippen LogP contribution is 2.31. The standard InChI is InChI=1S/C11H13NO3/c1-7-5-10(12-13)9-4-3-8(14-2)6-11(9)15-7/h3-4,6-7,13H,5H2,1-2H3. The Balaban J connectivity index is 2.47. The van der Waals surface area contributed by atoms with Gasteiger partial charge in [0.15, 0.2) is 0 Å². The van der Waals surface area contributed by atoms with Crippen molar-refractivity contribution < 1.29 is 14.7 Å². The van der Waals surface area contributed by atoms with E-state index in [-0.39, 0.29) is 6.10 Å². The van der Waals surface area contributed by atoms with Gasteiger partial charge in [0.1, 0.15) is 17.6 Å². The van der Waals surface area contributed by atoms with Gasteiger partial charge in [-0.15, -0.1) is 0 Å². The summed E-state index contributed by atoms with van der Waals surface area (Å²) in [6.07, 6.45) is 0.644. The van der Waals surface area contributed by atoms with Crippen LogP contribution in [0.4, 0.5) is 0 Å². The molecule has 1 N–H and O–H groups in total. The van der Waals surface area contributed by atoms with Crippen LogP contribution < -0.4 is 9.47 Å². The van der Waals surface area contributed by atoms with Crippen LogP contribution in [0.15, 0.2) is 23.4 Å². The van der Waals surface area contributed by atoms with Crippen LogP contribution in [0.5, 0.6) is 11.5 Å². The average molecular weight is 207 g/mol. The summed E-state index contributed by atoms with van der Waals surface area (Å²) in [5, 5.41) is 12.2. The lowest BCUT2D eigenvalue weighted by molar-refractivity contribution is 0.217. The summed E-state index contributed by atoms with van der Waals surface area (Å²) in [6, 6.07) is 5.47. The van der Waals surface area contributed by atoms with Crippen molar-refractivity contribution in [3.8, 4) is 11.5 Å². The van der Waals surface area contributed by atoms with E-state index in [9.17, 15) is 0 Å². The van der Waals surface area contributed by atoms with Crippen molar-refractivity contribution in [2.24, 2.45) is 5.16 Å². The molecule has 2 rings (SSSR count). The number of oxime groups is 1. The van der Waals surface area contributed by atoms with Crippen molar-refractivity contribution in [2.45, 2.75) is 19.4 Å². The third-order valence-corrected chi connectivity index (χ3v) is 2.43. The lowest BCUT2D eigenvalue weighted by Gasteiger charge is -2.24. The van der Waals surface area contributed by atoms with Crippen LogP contribution in [0, 0.1) is 0 Å². The summed E-state index contributed by atoms with van der Waals surface area (Å²) >= 11 is 0. The summed E-state index contributed by atoms with van der Waals surface area (Å²) < 4.78 is 10.7. The summed E-state index contributed by atoms with van der Waals surface area (Å²) in [6.45, 7) is 1.94. The molecule has 4 nitrogen and oxygen atoms in total. The molecule has 1 atom stereocenters. The molecule has 4 heteroatoms. The van der Waals surface area contributed by atoms with E-state index < -0.39 is 0 Å². The summed E-state index contributed by atoms with van der Waals surface area (Å²) in [4.78, 5) is 0. The second kappa shape index (κ2) is 3.81. The lowest BCUT2D eigenvalue weighted by Crippen LogP contribution is -2.24. The molecule has 1 unspecified atom stereocenters. The van der Waals surface area contributed by atoms with Crippen molar-refractivity contribution in [3.05, 3.63) is 23.8 Å². The Morgan fingerprint density at radius 3 is 3.00 bits per heavy atom. The Labute approximate surface area is 88.1 Å². The molecular formula is C11H13NO3. The van der Waals surface area contributed by atoms with Gasteiger partial charge >= 0.3 is 0 Å². The zero-order valence-corrected chi connectivity index (χ0v) is 8.73. The van der Waals surface area contributed by atoms with Crippen LogP contribution in [0.2, 0.25) is 0 Å². The highest BCUT2D eigenvalue weighted by atomic mass is 16.5. The van der Waals surface area contributed by atoms with Gasteiger partial charge in [0.2, 0.25) is 0 Å². The second-order valence-corrected chi connectivity index (χ2v) is 3.54. The fourth-order valence-corrected chi connectivity index (χ4v) is 1.70. The second-order valence-electron chi connectivity index (χ2n) is 3.54. The van der Waals surface area contributed by atoms with E-state index in [0.717, 1.165) is 11.3 Å². The SMILES string of the molecule is COc1ccc2c(c1)OC(C)CC2=NO. The fourth-order valence-electron chi connectivity index (χ4n) is 1.70. The number of hydrogen-bond donors (Lipinski definition) is 1. The topological polar surface area (TPSA) is 51.0 Å². The maximum atomic E-state index is 8.88. The summed E-state index contributed by atoms with van der Waals surface area (Å²) in [7, 11) is 1.61. The van der Waals surface area contributed by atoms with Crippen LogP contribution in [-0.4, -0.2) is 24.1 Å². The molecule has 0 aromatic heterocycles. The molecule has 0 radical (unpaired) electrons. The van der Waals surface area contributed by atoms with Gasteiger partial charge in [0.25, 0.3) is 0 Å². The van der Waals surface area contributed by atoms with Gasteiger partial charge in [0.05, 0.1) is 12.8 Å². The molecule has 0 saturated carbocycles. The van der Waals surface area contributed by atoms with Gasteiger partial charge in [-0.2, -0.15) is 0 Å². The number of nitrogens with zero attached hydrogens (tertiary/aromatic N) is 1. The van der Waals surface area contributed by atoms with E-state index in [1.165, 1.54) is 0 Å². The Morgan fingerprint density at radius 2 is 2.33 bits per heavy atom. The van der Waals surface area contributed by atoms with Crippen molar-refractivity contribution in [3.63, 3.8) is 0 Å². The van der Waals surface area contributed by atoms with E-state index in [4.69, 9.17) is 14.7 Å². The number of rotatable bonds is 1. The van der Waals surface area contributed by atoms with Crippen LogP contribution in [0.1, 0.15) is 18.9 Å². The highest BCUT2D eigenvalue weighted by Gasteiger charge is 2.22. The molecule has 0 bridgehead atoms. The van der Waals surface area contributed by atoms with Gasteiger partial charge < -0.3 is 14.7 Å². The van der Waals surface area contributed by atoms with E-state index >= 15 is 0 Å². The third-order valence-electron chi connectivity index (χ3n) is 2.43. The number of methoxy groups -OCH3 is 1. The predicted octanol–water partition coefficient (Wildman–Crippen LogP) is 2.04. The maximum Gasteiger partial charge on any atom is 0.132 e. The first-order valence-electron chi connectivity index (χ1n) is 4.80. The summed E-state index contributed by atoms with van der Waals surface area (Å²) in [5.74, 6) is 1.45. The summed E-state index contributed by atoms with van der Waals surface area (Å²) in [5.41, 5.74) is 1.49. The minimum Gasteiger partial charge on any atom is -0.497 e. The molecule has 1 heterocycles. The zero-order chi connectivity index (χ0) is 10.8. The molecular weight excluding hydrogens is 194 g/mol. The molecule has 15 heavy (non-hydrogen) atoms. The average Bonchev–Trinajstić information content (AvgIpc) is 2.26. The Bertz CT molecular complexity index is 401.